The lowest BCUT2D eigenvalue weighted by atomic mass is 10.1. The third-order valence-corrected chi connectivity index (χ3v) is 2.79. The fraction of sp³-hybridized carbons (Fsp3) is 0.286. The van der Waals surface area contributed by atoms with E-state index in [-0.39, 0.29) is 15.9 Å². The first kappa shape index (κ1) is 10.8. The average molecular weight is 316 g/mol. The Hall–Kier alpha value is -0.230. The lowest BCUT2D eigenvalue weighted by Crippen LogP contribution is -2.02. The molecule has 2 N–H and O–H groups in total. The maximum Gasteiger partial charge on any atom is 0.266 e. The first-order valence-corrected chi connectivity index (χ1v) is 5.26. The van der Waals surface area contributed by atoms with Crippen molar-refractivity contribution >= 4 is 37.5 Å². The number of halogens is 4. The van der Waals surface area contributed by atoms with Crippen LogP contribution in [0, 0.1) is 0 Å². The van der Waals surface area contributed by atoms with Gasteiger partial charge in [-0.1, -0.05) is 15.9 Å². The van der Waals surface area contributed by atoms with Crippen molar-refractivity contribution in [2.45, 2.75) is 11.8 Å². The van der Waals surface area contributed by atoms with Gasteiger partial charge in [0.2, 0.25) is 0 Å². The molecular weight excluding hydrogens is 310 g/mol. The van der Waals surface area contributed by atoms with Crippen molar-refractivity contribution in [3.63, 3.8) is 0 Å². The van der Waals surface area contributed by atoms with Gasteiger partial charge in [-0.25, -0.2) is 13.8 Å². The summed E-state index contributed by atoms with van der Waals surface area (Å²) in [6.45, 7) is 0. The highest BCUT2D eigenvalue weighted by molar-refractivity contribution is 9.10. The predicted octanol–water partition coefficient (Wildman–Crippen LogP) is 3.26. The number of alkyl halides is 3. The van der Waals surface area contributed by atoms with Gasteiger partial charge in [0.25, 0.3) is 6.43 Å². The SMILES string of the molecule is Nc1c(Br)ncc(CBr)c1C(F)F. The van der Waals surface area contributed by atoms with Gasteiger partial charge in [0.05, 0.1) is 5.69 Å². The highest BCUT2D eigenvalue weighted by Gasteiger charge is 2.18. The summed E-state index contributed by atoms with van der Waals surface area (Å²) in [5, 5.41) is 0.317. The minimum atomic E-state index is -2.58. The molecule has 0 bridgehead atoms. The molecule has 0 aliphatic carbocycles. The molecule has 0 saturated carbocycles. The van der Waals surface area contributed by atoms with Gasteiger partial charge < -0.3 is 5.73 Å². The second-order valence-electron chi connectivity index (χ2n) is 2.34. The molecule has 72 valence electrons. The Morgan fingerprint density at radius 3 is 2.62 bits per heavy atom. The first-order chi connectivity index (χ1) is 6.07. The average Bonchev–Trinajstić information content (AvgIpc) is 2.08. The van der Waals surface area contributed by atoms with Gasteiger partial charge in [0.1, 0.15) is 4.60 Å². The topological polar surface area (TPSA) is 38.9 Å². The van der Waals surface area contributed by atoms with Gasteiger partial charge in [-0.05, 0) is 21.5 Å². The van der Waals surface area contributed by atoms with Crippen molar-refractivity contribution < 1.29 is 8.78 Å². The number of hydrogen-bond donors (Lipinski definition) is 1. The Labute approximate surface area is 90.8 Å². The van der Waals surface area contributed by atoms with Gasteiger partial charge in [0.15, 0.2) is 0 Å². The number of nitrogens with two attached hydrogens (primary N) is 1. The van der Waals surface area contributed by atoms with E-state index in [4.69, 9.17) is 5.73 Å². The molecule has 0 atom stereocenters. The molecule has 1 heterocycles. The van der Waals surface area contributed by atoms with E-state index >= 15 is 0 Å². The van der Waals surface area contributed by atoms with E-state index in [1.54, 1.807) is 0 Å². The highest BCUT2D eigenvalue weighted by Crippen LogP contribution is 2.33. The lowest BCUT2D eigenvalue weighted by Gasteiger charge is -2.09. The molecule has 0 unspecified atom stereocenters. The molecule has 0 aliphatic heterocycles. The van der Waals surface area contributed by atoms with Crippen LogP contribution in [0.2, 0.25) is 0 Å². The van der Waals surface area contributed by atoms with Gasteiger partial charge in [-0.2, -0.15) is 0 Å². The van der Waals surface area contributed by atoms with Crippen LogP contribution in [0.15, 0.2) is 10.8 Å². The fourth-order valence-electron chi connectivity index (χ4n) is 0.922. The molecule has 0 aromatic carbocycles. The third kappa shape index (κ3) is 2.17. The predicted molar refractivity (Wildman–Crippen MR) is 53.9 cm³/mol. The Morgan fingerprint density at radius 2 is 2.15 bits per heavy atom. The number of anilines is 1. The number of aromatic nitrogens is 1. The molecule has 0 saturated heterocycles. The van der Waals surface area contributed by atoms with Crippen molar-refractivity contribution in [3.05, 3.63) is 21.9 Å². The smallest absolute Gasteiger partial charge is 0.266 e. The van der Waals surface area contributed by atoms with Crippen LogP contribution in [0.3, 0.4) is 0 Å². The maximum absolute atomic E-state index is 12.5. The number of pyridine rings is 1. The van der Waals surface area contributed by atoms with Gasteiger partial charge in [-0.15, -0.1) is 0 Å². The number of hydrogen-bond acceptors (Lipinski definition) is 2. The highest BCUT2D eigenvalue weighted by atomic mass is 79.9. The van der Waals surface area contributed by atoms with Crippen LogP contribution in [0.1, 0.15) is 17.6 Å². The summed E-state index contributed by atoms with van der Waals surface area (Å²) in [6, 6.07) is 0. The van der Waals surface area contributed by atoms with E-state index < -0.39 is 6.43 Å². The Bertz CT molecular complexity index is 318. The Kier molecular flexibility index (Phi) is 3.61. The molecule has 0 spiro atoms. The van der Waals surface area contributed by atoms with E-state index in [1.807, 2.05) is 0 Å². The van der Waals surface area contributed by atoms with Crippen LogP contribution in [-0.4, -0.2) is 4.98 Å². The largest absolute Gasteiger partial charge is 0.396 e. The second-order valence-corrected chi connectivity index (χ2v) is 3.65. The number of nitrogen functional groups attached to an aromatic ring is 1. The first-order valence-electron chi connectivity index (χ1n) is 3.34. The van der Waals surface area contributed by atoms with Gasteiger partial charge in [-0.3, -0.25) is 0 Å². The fourth-order valence-corrected chi connectivity index (χ4v) is 1.68. The van der Waals surface area contributed by atoms with E-state index in [1.165, 1.54) is 6.20 Å². The zero-order chi connectivity index (χ0) is 10.0. The maximum atomic E-state index is 12.5. The summed E-state index contributed by atoms with van der Waals surface area (Å²) < 4.78 is 25.3. The molecule has 0 fully saturated rings. The zero-order valence-corrected chi connectivity index (χ0v) is 9.57. The minimum absolute atomic E-state index is 0.00644. The summed E-state index contributed by atoms with van der Waals surface area (Å²) in [6.07, 6.45) is -1.21. The summed E-state index contributed by atoms with van der Waals surface area (Å²) in [4.78, 5) is 3.82. The van der Waals surface area contributed by atoms with Gasteiger partial charge in [0, 0.05) is 17.1 Å². The number of nitrogens with zero attached hydrogens (tertiary/aromatic N) is 1. The van der Waals surface area contributed by atoms with Gasteiger partial charge >= 0.3 is 0 Å². The van der Waals surface area contributed by atoms with Crippen LogP contribution in [0.25, 0.3) is 0 Å². The van der Waals surface area contributed by atoms with Crippen LogP contribution >= 0.6 is 31.9 Å². The van der Waals surface area contributed by atoms with Crippen LogP contribution < -0.4 is 5.73 Å². The molecule has 6 heteroatoms. The normalized spacial score (nSPS) is 10.8. The van der Waals surface area contributed by atoms with Crippen molar-refractivity contribution in [3.8, 4) is 0 Å². The second kappa shape index (κ2) is 4.32. The minimum Gasteiger partial charge on any atom is -0.396 e. The summed E-state index contributed by atoms with van der Waals surface area (Å²) in [7, 11) is 0. The molecule has 13 heavy (non-hydrogen) atoms. The lowest BCUT2D eigenvalue weighted by molar-refractivity contribution is 0.151. The van der Waals surface area contributed by atoms with Crippen molar-refractivity contribution in [1.82, 2.24) is 4.98 Å². The van der Waals surface area contributed by atoms with Crippen LogP contribution in [0.5, 0.6) is 0 Å². The van der Waals surface area contributed by atoms with E-state index in [0.717, 1.165) is 0 Å². The zero-order valence-electron chi connectivity index (χ0n) is 6.40. The Morgan fingerprint density at radius 1 is 1.54 bits per heavy atom. The Balaban J connectivity index is 3.32. The van der Waals surface area contributed by atoms with E-state index in [0.29, 0.717) is 10.9 Å². The molecule has 2 nitrogen and oxygen atoms in total. The third-order valence-electron chi connectivity index (χ3n) is 1.55. The quantitative estimate of drug-likeness (QED) is 0.672. The van der Waals surface area contributed by atoms with Crippen LogP contribution in [-0.2, 0) is 5.33 Å². The summed E-state index contributed by atoms with van der Waals surface area (Å²) >= 11 is 6.08. The van der Waals surface area contributed by atoms with Crippen molar-refractivity contribution in [2.75, 3.05) is 5.73 Å². The molecule has 0 aliphatic rings. The van der Waals surface area contributed by atoms with E-state index in [2.05, 4.69) is 36.8 Å². The van der Waals surface area contributed by atoms with Crippen molar-refractivity contribution in [2.24, 2.45) is 0 Å². The molecule has 0 amide bonds. The molecule has 1 aromatic heterocycles. The van der Waals surface area contributed by atoms with Crippen LogP contribution in [0.4, 0.5) is 14.5 Å². The van der Waals surface area contributed by atoms with Crippen molar-refractivity contribution in [1.29, 1.82) is 0 Å². The standard InChI is InChI=1S/C7H6Br2F2N2/c8-1-3-2-13-6(9)5(12)4(3)7(10)11/h2,7H,1,12H2. The molecular formula is C7H6Br2F2N2. The summed E-state index contributed by atoms with van der Waals surface area (Å²) in [5.74, 6) is 0. The van der Waals surface area contributed by atoms with E-state index in [9.17, 15) is 8.78 Å². The molecule has 1 aromatic rings. The molecule has 0 radical (unpaired) electrons. The molecule has 1 rings (SSSR count). The monoisotopic (exact) mass is 314 g/mol. The number of rotatable bonds is 2. The summed E-state index contributed by atoms with van der Waals surface area (Å²) in [5.41, 5.74) is 5.71.